The maximum atomic E-state index is 12.2. The van der Waals surface area contributed by atoms with Gasteiger partial charge in [0.25, 0.3) is 0 Å². The van der Waals surface area contributed by atoms with E-state index in [2.05, 4.69) is 59.4 Å². The molecule has 21 heavy (non-hydrogen) atoms. The summed E-state index contributed by atoms with van der Waals surface area (Å²) < 4.78 is 1.03. The molecule has 0 unspecified atom stereocenters. The molecule has 1 amide bonds. The Labute approximate surface area is 134 Å². The minimum absolute atomic E-state index is 0.0600. The van der Waals surface area contributed by atoms with E-state index in [1.807, 2.05) is 24.3 Å². The molecule has 0 aliphatic rings. The second kappa shape index (κ2) is 7.41. The number of nitrogens with one attached hydrogen (secondary N) is 1. The first-order valence-corrected chi connectivity index (χ1v) is 7.98. The number of halogens is 1. The highest BCUT2D eigenvalue weighted by molar-refractivity contribution is 9.10. The normalized spacial score (nSPS) is 12.0. The largest absolute Gasteiger partial charge is 0.349 e. The summed E-state index contributed by atoms with van der Waals surface area (Å²) in [5, 5.41) is 3.11. The molecule has 2 rings (SSSR count). The van der Waals surface area contributed by atoms with E-state index in [1.54, 1.807) is 0 Å². The topological polar surface area (TPSA) is 29.1 Å². The Morgan fingerprint density at radius 1 is 1.10 bits per heavy atom. The first kappa shape index (κ1) is 15.8. The molecular weight excluding hydrogens is 326 g/mol. The fourth-order valence-corrected chi connectivity index (χ4v) is 2.52. The van der Waals surface area contributed by atoms with Crippen molar-refractivity contribution in [2.24, 2.45) is 0 Å². The average molecular weight is 346 g/mol. The quantitative estimate of drug-likeness (QED) is 0.844. The van der Waals surface area contributed by atoms with Gasteiger partial charge in [0.1, 0.15) is 0 Å². The van der Waals surface area contributed by atoms with E-state index in [4.69, 9.17) is 0 Å². The van der Waals surface area contributed by atoms with Gasteiger partial charge in [0.15, 0.2) is 0 Å². The van der Waals surface area contributed by atoms with E-state index in [0.29, 0.717) is 6.42 Å². The molecule has 0 spiro atoms. The van der Waals surface area contributed by atoms with Gasteiger partial charge in [-0.25, -0.2) is 0 Å². The van der Waals surface area contributed by atoms with Crippen LogP contribution in [0.3, 0.4) is 0 Å². The predicted molar refractivity (Wildman–Crippen MR) is 90.2 cm³/mol. The standard InChI is InChI=1S/C18H20BrNO/c1-3-17(15-8-4-13(2)5-9-15)20-18(21)12-14-6-10-16(19)11-7-14/h4-11,17H,3,12H2,1-2H3,(H,20,21)/t17-/m0/s1. The van der Waals surface area contributed by atoms with Crippen LogP contribution in [0.25, 0.3) is 0 Å². The molecule has 0 fully saturated rings. The highest BCUT2D eigenvalue weighted by atomic mass is 79.9. The van der Waals surface area contributed by atoms with E-state index in [0.717, 1.165) is 22.0 Å². The zero-order valence-corrected chi connectivity index (χ0v) is 14.0. The monoisotopic (exact) mass is 345 g/mol. The first-order chi connectivity index (χ1) is 10.1. The molecule has 3 heteroatoms. The van der Waals surface area contributed by atoms with Crippen LogP contribution in [-0.2, 0) is 11.2 Å². The van der Waals surface area contributed by atoms with E-state index < -0.39 is 0 Å². The molecule has 0 heterocycles. The number of hydrogen-bond acceptors (Lipinski definition) is 1. The number of aryl methyl sites for hydroxylation is 1. The van der Waals surface area contributed by atoms with Crippen LogP contribution in [0.2, 0.25) is 0 Å². The van der Waals surface area contributed by atoms with Crippen molar-refractivity contribution in [3.63, 3.8) is 0 Å². The molecule has 0 aromatic heterocycles. The molecule has 2 nitrogen and oxygen atoms in total. The zero-order valence-electron chi connectivity index (χ0n) is 12.4. The third-order valence-electron chi connectivity index (χ3n) is 3.50. The number of carbonyl (C=O) groups is 1. The summed E-state index contributed by atoms with van der Waals surface area (Å²) in [7, 11) is 0. The molecule has 2 aromatic carbocycles. The van der Waals surface area contributed by atoms with Gasteiger partial charge in [0.05, 0.1) is 12.5 Å². The lowest BCUT2D eigenvalue weighted by Crippen LogP contribution is -2.29. The smallest absolute Gasteiger partial charge is 0.224 e. The van der Waals surface area contributed by atoms with Gasteiger partial charge in [0.2, 0.25) is 5.91 Å². The van der Waals surface area contributed by atoms with Crippen LogP contribution >= 0.6 is 15.9 Å². The molecule has 0 aliphatic carbocycles. The third-order valence-corrected chi connectivity index (χ3v) is 4.03. The molecule has 0 saturated carbocycles. The van der Waals surface area contributed by atoms with Crippen LogP contribution in [0, 0.1) is 6.92 Å². The van der Waals surface area contributed by atoms with Crippen LogP contribution in [0.1, 0.15) is 36.1 Å². The third kappa shape index (κ3) is 4.71. The van der Waals surface area contributed by atoms with Crippen LogP contribution in [0.5, 0.6) is 0 Å². The van der Waals surface area contributed by atoms with Crippen LogP contribution in [-0.4, -0.2) is 5.91 Å². The molecule has 0 bridgehead atoms. The van der Waals surface area contributed by atoms with Crippen molar-refractivity contribution in [1.29, 1.82) is 0 Å². The molecule has 1 atom stereocenters. The second-order valence-corrected chi connectivity index (χ2v) is 6.16. The van der Waals surface area contributed by atoms with E-state index >= 15 is 0 Å². The van der Waals surface area contributed by atoms with Gasteiger partial charge in [-0.05, 0) is 36.6 Å². The van der Waals surface area contributed by atoms with E-state index in [1.165, 1.54) is 5.56 Å². The van der Waals surface area contributed by atoms with Crippen molar-refractivity contribution < 1.29 is 4.79 Å². The number of rotatable bonds is 5. The van der Waals surface area contributed by atoms with Crippen molar-refractivity contribution in [3.05, 3.63) is 69.7 Å². The van der Waals surface area contributed by atoms with Crippen LogP contribution in [0.15, 0.2) is 53.0 Å². The van der Waals surface area contributed by atoms with Crippen molar-refractivity contribution in [3.8, 4) is 0 Å². The average Bonchev–Trinajstić information content (AvgIpc) is 2.48. The molecular formula is C18H20BrNO. The number of carbonyl (C=O) groups excluding carboxylic acids is 1. The van der Waals surface area contributed by atoms with Crippen molar-refractivity contribution in [2.45, 2.75) is 32.7 Å². The fraction of sp³-hybridized carbons (Fsp3) is 0.278. The van der Waals surface area contributed by atoms with Crippen molar-refractivity contribution in [1.82, 2.24) is 5.32 Å². The molecule has 110 valence electrons. The Balaban J connectivity index is 1.99. The van der Waals surface area contributed by atoms with Crippen molar-refractivity contribution in [2.75, 3.05) is 0 Å². The summed E-state index contributed by atoms with van der Waals surface area (Å²) >= 11 is 3.40. The first-order valence-electron chi connectivity index (χ1n) is 7.19. The van der Waals surface area contributed by atoms with Gasteiger partial charge in [-0.15, -0.1) is 0 Å². The van der Waals surface area contributed by atoms with Crippen molar-refractivity contribution >= 4 is 21.8 Å². The molecule has 1 N–H and O–H groups in total. The zero-order chi connectivity index (χ0) is 15.2. The molecule has 0 saturated heterocycles. The summed E-state index contributed by atoms with van der Waals surface area (Å²) in [5.41, 5.74) is 3.41. The molecule has 2 aromatic rings. The minimum Gasteiger partial charge on any atom is -0.349 e. The highest BCUT2D eigenvalue weighted by Crippen LogP contribution is 2.17. The van der Waals surface area contributed by atoms with Gasteiger partial charge >= 0.3 is 0 Å². The summed E-state index contributed by atoms with van der Waals surface area (Å²) in [6.45, 7) is 4.15. The molecule has 0 radical (unpaired) electrons. The lowest BCUT2D eigenvalue weighted by molar-refractivity contribution is -0.121. The molecule has 0 aliphatic heterocycles. The van der Waals surface area contributed by atoms with Gasteiger partial charge < -0.3 is 5.32 Å². The Hall–Kier alpha value is -1.61. The minimum atomic E-state index is 0.0600. The maximum absolute atomic E-state index is 12.2. The van der Waals surface area contributed by atoms with Gasteiger partial charge in [0, 0.05) is 4.47 Å². The number of benzene rings is 2. The Bertz CT molecular complexity index is 590. The van der Waals surface area contributed by atoms with Crippen LogP contribution in [0.4, 0.5) is 0 Å². The Morgan fingerprint density at radius 2 is 1.71 bits per heavy atom. The number of hydrogen-bond donors (Lipinski definition) is 1. The van der Waals surface area contributed by atoms with Crippen LogP contribution < -0.4 is 5.32 Å². The second-order valence-electron chi connectivity index (χ2n) is 5.24. The highest BCUT2D eigenvalue weighted by Gasteiger charge is 2.12. The number of amides is 1. The summed E-state index contributed by atoms with van der Waals surface area (Å²) in [4.78, 5) is 12.2. The SMILES string of the molecule is CC[C@H](NC(=O)Cc1ccc(Br)cc1)c1ccc(C)cc1. The summed E-state index contributed by atoms with van der Waals surface area (Å²) in [6.07, 6.45) is 1.30. The van der Waals surface area contributed by atoms with E-state index in [9.17, 15) is 4.79 Å². The van der Waals surface area contributed by atoms with Gasteiger partial charge in [-0.1, -0.05) is 64.8 Å². The van der Waals surface area contributed by atoms with Gasteiger partial charge in [-0.2, -0.15) is 0 Å². The fourth-order valence-electron chi connectivity index (χ4n) is 2.25. The Morgan fingerprint density at radius 3 is 2.29 bits per heavy atom. The predicted octanol–water partition coefficient (Wildman–Crippen LogP) is 4.57. The summed E-state index contributed by atoms with van der Waals surface area (Å²) in [5.74, 6) is 0.0600. The van der Waals surface area contributed by atoms with Gasteiger partial charge in [-0.3, -0.25) is 4.79 Å². The maximum Gasteiger partial charge on any atom is 0.224 e. The lowest BCUT2D eigenvalue weighted by Gasteiger charge is -2.18. The lowest BCUT2D eigenvalue weighted by atomic mass is 10.0. The Kier molecular flexibility index (Phi) is 5.57. The summed E-state index contributed by atoms with van der Waals surface area (Å²) in [6, 6.07) is 16.3. The van der Waals surface area contributed by atoms with E-state index in [-0.39, 0.29) is 11.9 Å².